The first-order valence-electron chi connectivity index (χ1n) is 7.05. The van der Waals surface area contributed by atoms with Gasteiger partial charge in [-0.05, 0) is 38.8 Å². The first-order chi connectivity index (χ1) is 9.59. The second-order valence-corrected chi connectivity index (χ2v) is 4.86. The van der Waals surface area contributed by atoms with Crippen molar-refractivity contribution < 1.29 is 19.0 Å². The van der Waals surface area contributed by atoms with E-state index in [1.54, 1.807) is 0 Å². The first-order valence-corrected chi connectivity index (χ1v) is 7.05. The lowest BCUT2D eigenvalue weighted by Crippen LogP contribution is -2.14. The third-order valence-corrected chi connectivity index (χ3v) is 2.67. The molecule has 0 unspecified atom stereocenters. The van der Waals surface area contributed by atoms with Gasteiger partial charge in [0, 0.05) is 6.42 Å². The predicted molar refractivity (Wildman–Crippen MR) is 78.0 cm³/mol. The Morgan fingerprint density at radius 1 is 1.15 bits per heavy atom. The van der Waals surface area contributed by atoms with Crippen LogP contribution in [0.3, 0.4) is 0 Å². The first kappa shape index (κ1) is 16.5. The molecule has 1 aromatic carbocycles. The van der Waals surface area contributed by atoms with Crippen molar-refractivity contribution in [1.29, 1.82) is 0 Å². The van der Waals surface area contributed by atoms with Crippen molar-refractivity contribution in [2.45, 2.75) is 39.7 Å². The van der Waals surface area contributed by atoms with E-state index in [0.29, 0.717) is 32.7 Å². The zero-order chi connectivity index (χ0) is 14.8. The molecule has 0 spiro atoms. The van der Waals surface area contributed by atoms with Crippen LogP contribution in [0.5, 0.6) is 5.75 Å². The van der Waals surface area contributed by atoms with Gasteiger partial charge in [0.25, 0.3) is 0 Å². The van der Waals surface area contributed by atoms with Crippen LogP contribution in [-0.4, -0.2) is 31.9 Å². The van der Waals surface area contributed by atoms with E-state index in [9.17, 15) is 4.79 Å². The highest BCUT2D eigenvalue weighted by Crippen LogP contribution is 2.16. The fourth-order valence-electron chi connectivity index (χ4n) is 1.63. The fraction of sp³-hybridized carbons (Fsp3) is 0.562. The summed E-state index contributed by atoms with van der Waals surface area (Å²) < 4.78 is 15.9. The van der Waals surface area contributed by atoms with E-state index < -0.39 is 0 Å². The van der Waals surface area contributed by atoms with Gasteiger partial charge in [0.1, 0.15) is 12.4 Å². The minimum atomic E-state index is -0.203. The summed E-state index contributed by atoms with van der Waals surface area (Å²) in [6, 6.07) is 7.83. The molecule has 0 heterocycles. The Morgan fingerprint density at radius 3 is 2.60 bits per heavy atom. The van der Waals surface area contributed by atoms with Gasteiger partial charge in [0.05, 0.1) is 19.3 Å². The maximum absolute atomic E-state index is 11.4. The van der Waals surface area contributed by atoms with E-state index in [2.05, 4.69) is 0 Å². The van der Waals surface area contributed by atoms with Crippen LogP contribution >= 0.6 is 0 Å². The lowest BCUT2D eigenvalue weighted by Gasteiger charge is -2.09. The second kappa shape index (κ2) is 9.37. The van der Waals surface area contributed by atoms with Crippen LogP contribution in [0.2, 0.25) is 0 Å². The third kappa shape index (κ3) is 7.14. The third-order valence-electron chi connectivity index (χ3n) is 2.67. The Balaban J connectivity index is 2.06. The molecular weight excluding hydrogens is 256 g/mol. The number of para-hydroxylation sites is 1. The van der Waals surface area contributed by atoms with E-state index in [1.165, 1.54) is 0 Å². The van der Waals surface area contributed by atoms with E-state index >= 15 is 0 Å². The van der Waals surface area contributed by atoms with Crippen LogP contribution in [0.1, 0.15) is 32.3 Å². The molecule has 0 aromatic heterocycles. The Morgan fingerprint density at radius 2 is 1.90 bits per heavy atom. The van der Waals surface area contributed by atoms with Crippen LogP contribution in [0.4, 0.5) is 0 Å². The molecule has 0 fully saturated rings. The van der Waals surface area contributed by atoms with Crippen molar-refractivity contribution in [3.05, 3.63) is 29.8 Å². The summed E-state index contributed by atoms with van der Waals surface area (Å²) in [5.41, 5.74) is 1.10. The molecule has 0 saturated carbocycles. The number of esters is 1. The van der Waals surface area contributed by atoms with Crippen LogP contribution < -0.4 is 4.74 Å². The minimum absolute atomic E-state index is 0.163. The summed E-state index contributed by atoms with van der Waals surface area (Å²) in [5.74, 6) is 0.664. The van der Waals surface area contributed by atoms with Crippen molar-refractivity contribution in [3.63, 3.8) is 0 Å². The van der Waals surface area contributed by atoms with Crippen LogP contribution in [-0.2, 0) is 14.3 Å². The highest BCUT2D eigenvalue weighted by Gasteiger charge is 2.04. The molecular formula is C16H24O4. The molecule has 112 valence electrons. The van der Waals surface area contributed by atoms with Gasteiger partial charge in [-0.15, -0.1) is 0 Å². The summed E-state index contributed by atoms with van der Waals surface area (Å²) in [6.45, 7) is 7.18. The van der Waals surface area contributed by atoms with E-state index in [4.69, 9.17) is 14.2 Å². The van der Waals surface area contributed by atoms with E-state index in [1.807, 2.05) is 45.0 Å². The van der Waals surface area contributed by atoms with E-state index in [-0.39, 0.29) is 12.1 Å². The van der Waals surface area contributed by atoms with Crippen LogP contribution in [0.25, 0.3) is 0 Å². The summed E-state index contributed by atoms with van der Waals surface area (Å²) in [4.78, 5) is 11.4. The Kier molecular flexibility index (Phi) is 7.73. The number of aryl methyl sites for hydroxylation is 1. The van der Waals surface area contributed by atoms with Gasteiger partial charge in [-0.1, -0.05) is 18.2 Å². The van der Waals surface area contributed by atoms with Crippen molar-refractivity contribution in [2.75, 3.05) is 19.8 Å². The summed E-state index contributed by atoms with van der Waals surface area (Å²) in [5, 5.41) is 0. The SMILES string of the molecule is Cc1ccccc1OCCCC(=O)OCCOC(C)C. The number of ether oxygens (including phenoxy) is 3. The molecule has 4 heteroatoms. The lowest BCUT2D eigenvalue weighted by molar-refractivity contribution is -0.145. The Hall–Kier alpha value is -1.55. The van der Waals surface area contributed by atoms with Gasteiger partial charge in [-0.3, -0.25) is 4.79 Å². The lowest BCUT2D eigenvalue weighted by atomic mass is 10.2. The maximum atomic E-state index is 11.4. The van der Waals surface area contributed by atoms with Gasteiger partial charge in [-0.25, -0.2) is 0 Å². The molecule has 1 aromatic rings. The van der Waals surface area contributed by atoms with Crippen LogP contribution in [0, 0.1) is 6.92 Å². The molecule has 0 atom stereocenters. The van der Waals surface area contributed by atoms with Gasteiger partial charge in [0.2, 0.25) is 0 Å². The highest BCUT2D eigenvalue weighted by molar-refractivity contribution is 5.69. The van der Waals surface area contributed by atoms with Gasteiger partial charge < -0.3 is 14.2 Å². The maximum Gasteiger partial charge on any atom is 0.305 e. The largest absolute Gasteiger partial charge is 0.493 e. The summed E-state index contributed by atoms with van der Waals surface area (Å²) in [6.07, 6.45) is 1.18. The zero-order valence-corrected chi connectivity index (χ0v) is 12.6. The molecule has 0 saturated heterocycles. The Bertz CT molecular complexity index is 401. The molecule has 0 radical (unpaired) electrons. The normalized spacial score (nSPS) is 10.6. The Labute approximate surface area is 121 Å². The quantitative estimate of drug-likeness (QED) is 0.515. The summed E-state index contributed by atoms with van der Waals surface area (Å²) in [7, 11) is 0. The van der Waals surface area contributed by atoms with Crippen molar-refractivity contribution >= 4 is 5.97 Å². The van der Waals surface area contributed by atoms with Crippen molar-refractivity contribution in [1.82, 2.24) is 0 Å². The predicted octanol–water partition coefficient (Wildman–Crippen LogP) is 3.12. The number of hydrogen-bond acceptors (Lipinski definition) is 4. The minimum Gasteiger partial charge on any atom is -0.493 e. The smallest absolute Gasteiger partial charge is 0.305 e. The average Bonchev–Trinajstić information content (AvgIpc) is 2.41. The molecule has 0 amide bonds. The standard InChI is InChI=1S/C16H24O4/c1-13(2)18-11-12-20-16(17)9-6-10-19-15-8-5-4-7-14(15)3/h4-5,7-8,13H,6,9-12H2,1-3H3. The zero-order valence-electron chi connectivity index (χ0n) is 12.6. The topological polar surface area (TPSA) is 44.8 Å². The molecule has 4 nitrogen and oxygen atoms in total. The van der Waals surface area contributed by atoms with Crippen molar-refractivity contribution in [3.8, 4) is 5.75 Å². The monoisotopic (exact) mass is 280 g/mol. The highest BCUT2D eigenvalue weighted by atomic mass is 16.6. The number of rotatable bonds is 9. The number of benzene rings is 1. The molecule has 0 bridgehead atoms. The molecule has 20 heavy (non-hydrogen) atoms. The average molecular weight is 280 g/mol. The van der Waals surface area contributed by atoms with Crippen molar-refractivity contribution in [2.24, 2.45) is 0 Å². The van der Waals surface area contributed by atoms with E-state index in [0.717, 1.165) is 11.3 Å². The molecule has 0 aliphatic heterocycles. The number of carbonyl (C=O) groups excluding carboxylic acids is 1. The fourth-order valence-corrected chi connectivity index (χ4v) is 1.63. The van der Waals surface area contributed by atoms with Gasteiger partial charge in [-0.2, -0.15) is 0 Å². The molecule has 1 rings (SSSR count). The molecule has 0 N–H and O–H groups in total. The number of carbonyl (C=O) groups is 1. The van der Waals surface area contributed by atoms with Gasteiger partial charge in [0.15, 0.2) is 0 Å². The van der Waals surface area contributed by atoms with Gasteiger partial charge >= 0.3 is 5.97 Å². The van der Waals surface area contributed by atoms with Crippen LogP contribution in [0.15, 0.2) is 24.3 Å². The second-order valence-electron chi connectivity index (χ2n) is 4.86. The molecule has 0 aliphatic carbocycles. The number of hydrogen-bond donors (Lipinski definition) is 0. The molecule has 0 aliphatic rings. The summed E-state index contributed by atoms with van der Waals surface area (Å²) >= 11 is 0.